The zero-order valence-corrected chi connectivity index (χ0v) is 14.8. The Hall–Kier alpha value is -3.47. The molecule has 3 aromatic rings. The van der Waals surface area contributed by atoms with Crippen LogP contribution in [0.1, 0.15) is 27.7 Å². The van der Waals surface area contributed by atoms with Crippen LogP contribution in [0.4, 0.5) is 11.4 Å². The van der Waals surface area contributed by atoms with E-state index in [-0.39, 0.29) is 18.9 Å². The summed E-state index contributed by atoms with van der Waals surface area (Å²) in [7, 11) is 0. The highest BCUT2D eigenvalue weighted by molar-refractivity contribution is 6.12. The summed E-state index contributed by atoms with van der Waals surface area (Å²) in [6.07, 6.45) is -0.311. The van der Waals surface area contributed by atoms with Crippen LogP contribution in [0.2, 0.25) is 0 Å². The van der Waals surface area contributed by atoms with E-state index in [9.17, 15) is 4.79 Å². The van der Waals surface area contributed by atoms with Gasteiger partial charge in [-0.05, 0) is 42.3 Å². The number of benzene rings is 3. The van der Waals surface area contributed by atoms with Gasteiger partial charge < -0.3 is 14.8 Å². The monoisotopic (exact) mass is 358 g/mol. The second kappa shape index (κ2) is 6.06. The second-order valence-corrected chi connectivity index (χ2v) is 6.66. The molecule has 0 aliphatic carbocycles. The number of aryl methyl sites for hydroxylation is 1. The molecule has 134 valence electrons. The van der Waals surface area contributed by atoms with Crippen LogP contribution in [0.15, 0.2) is 66.7 Å². The number of hydrogen-bond acceptors (Lipinski definition) is 4. The summed E-state index contributed by atoms with van der Waals surface area (Å²) in [5, 5.41) is 3.53. The SMILES string of the molecule is Cc1ccccc1C1Nc2ccccc2C(=O)N1c1ccc2c(c1)OCO2. The molecule has 5 nitrogen and oxygen atoms in total. The van der Waals surface area contributed by atoms with Crippen LogP contribution in [0.3, 0.4) is 0 Å². The second-order valence-electron chi connectivity index (χ2n) is 6.66. The highest BCUT2D eigenvalue weighted by Crippen LogP contribution is 2.41. The van der Waals surface area contributed by atoms with E-state index in [0.29, 0.717) is 17.1 Å². The maximum Gasteiger partial charge on any atom is 0.262 e. The van der Waals surface area contributed by atoms with Gasteiger partial charge in [0.15, 0.2) is 11.5 Å². The number of fused-ring (bicyclic) bond motifs is 2. The van der Waals surface area contributed by atoms with Gasteiger partial charge in [0.2, 0.25) is 6.79 Å². The van der Waals surface area contributed by atoms with E-state index < -0.39 is 0 Å². The topological polar surface area (TPSA) is 50.8 Å². The summed E-state index contributed by atoms with van der Waals surface area (Å²) in [4.78, 5) is 15.2. The molecule has 0 aromatic heterocycles. The van der Waals surface area contributed by atoms with E-state index in [4.69, 9.17) is 9.47 Å². The van der Waals surface area contributed by atoms with Crippen molar-refractivity contribution in [3.63, 3.8) is 0 Å². The lowest BCUT2D eigenvalue weighted by Crippen LogP contribution is -2.43. The lowest BCUT2D eigenvalue weighted by Gasteiger charge is -2.38. The summed E-state index contributed by atoms with van der Waals surface area (Å²) in [6.45, 7) is 2.26. The van der Waals surface area contributed by atoms with Crippen molar-refractivity contribution in [2.45, 2.75) is 13.1 Å². The van der Waals surface area contributed by atoms with Crippen molar-refractivity contribution >= 4 is 17.3 Å². The molecule has 0 radical (unpaired) electrons. The Morgan fingerprint density at radius 1 is 0.963 bits per heavy atom. The zero-order chi connectivity index (χ0) is 18.4. The Kier molecular flexibility index (Phi) is 3.53. The third-order valence-corrected chi connectivity index (χ3v) is 5.04. The number of ether oxygens (including phenoxy) is 2. The third kappa shape index (κ3) is 2.51. The maximum absolute atomic E-state index is 13.4. The van der Waals surface area contributed by atoms with Crippen LogP contribution in [-0.2, 0) is 0 Å². The summed E-state index contributed by atoms with van der Waals surface area (Å²) >= 11 is 0. The molecule has 1 atom stereocenters. The molecule has 0 fully saturated rings. The number of anilines is 2. The van der Waals surface area contributed by atoms with Crippen molar-refractivity contribution in [1.82, 2.24) is 0 Å². The molecule has 2 aliphatic heterocycles. The number of nitrogens with zero attached hydrogens (tertiary/aromatic N) is 1. The van der Waals surface area contributed by atoms with E-state index in [1.54, 1.807) is 4.90 Å². The molecule has 2 heterocycles. The number of nitrogens with one attached hydrogen (secondary N) is 1. The van der Waals surface area contributed by atoms with Gasteiger partial charge in [0.05, 0.1) is 11.3 Å². The van der Waals surface area contributed by atoms with E-state index >= 15 is 0 Å². The number of carbonyl (C=O) groups is 1. The largest absolute Gasteiger partial charge is 0.454 e. The number of para-hydroxylation sites is 1. The van der Waals surface area contributed by atoms with Crippen LogP contribution in [-0.4, -0.2) is 12.7 Å². The zero-order valence-electron chi connectivity index (χ0n) is 14.8. The van der Waals surface area contributed by atoms with Crippen molar-refractivity contribution in [1.29, 1.82) is 0 Å². The van der Waals surface area contributed by atoms with E-state index in [1.165, 1.54) is 0 Å². The molecule has 1 N–H and O–H groups in total. The molecule has 5 rings (SSSR count). The summed E-state index contributed by atoms with van der Waals surface area (Å²) < 4.78 is 10.9. The Morgan fingerprint density at radius 3 is 2.63 bits per heavy atom. The Bertz CT molecular complexity index is 1050. The molecule has 5 heteroatoms. The van der Waals surface area contributed by atoms with Crippen LogP contribution in [0, 0.1) is 6.92 Å². The normalized spacial score (nSPS) is 17.4. The number of rotatable bonds is 2. The molecule has 3 aromatic carbocycles. The molecule has 0 saturated carbocycles. The Balaban J connectivity index is 1.67. The molecular weight excluding hydrogens is 340 g/mol. The van der Waals surface area contributed by atoms with Gasteiger partial charge in [-0.1, -0.05) is 36.4 Å². The van der Waals surface area contributed by atoms with Gasteiger partial charge in [-0.3, -0.25) is 9.69 Å². The molecular formula is C22H18N2O3. The first kappa shape index (κ1) is 15.8. The molecule has 1 unspecified atom stereocenters. The highest BCUT2D eigenvalue weighted by Gasteiger charge is 2.35. The van der Waals surface area contributed by atoms with Gasteiger partial charge in [-0.2, -0.15) is 0 Å². The van der Waals surface area contributed by atoms with Gasteiger partial charge in [-0.25, -0.2) is 0 Å². The van der Waals surface area contributed by atoms with E-state index in [2.05, 4.69) is 18.3 Å². The van der Waals surface area contributed by atoms with Crippen LogP contribution in [0.25, 0.3) is 0 Å². The first-order chi connectivity index (χ1) is 13.2. The van der Waals surface area contributed by atoms with Crippen molar-refractivity contribution in [2.24, 2.45) is 0 Å². The van der Waals surface area contributed by atoms with E-state index in [1.807, 2.05) is 60.7 Å². The van der Waals surface area contributed by atoms with Gasteiger partial charge in [0, 0.05) is 11.8 Å². The minimum atomic E-state index is -0.311. The molecule has 2 aliphatic rings. The van der Waals surface area contributed by atoms with Crippen LogP contribution in [0.5, 0.6) is 11.5 Å². The van der Waals surface area contributed by atoms with Crippen molar-refractivity contribution in [3.05, 3.63) is 83.4 Å². The van der Waals surface area contributed by atoms with Crippen molar-refractivity contribution < 1.29 is 14.3 Å². The molecule has 0 spiro atoms. The summed E-state index contributed by atoms with van der Waals surface area (Å²) in [5.74, 6) is 1.31. The lowest BCUT2D eigenvalue weighted by molar-refractivity contribution is 0.0975. The summed E-state index contributed by atoms with van der Waals surface area (Å²) in [6, 6.07) is 21.3. The lowest BCUT2D eigenvalue weighted by atomic mass is 9.99. The predicted molar refractivity (Wildman–Crippen MR) is 103 cm³/mol. The molecule has 0 saturated heterocycles. The Labute approximate surface area is 157 Å². The number of carbonyl (C=O) groups excluding carboxylic acids is 1. The van der Waals surface area contributed by atoms with Crippen LogP contribution >= 0.6 is 0 Å². The fourth-order valence-corrected chi connectivity index (χ4v) is 3.67. The number of amides is 1. The fourth-order valence-electron chi connectivity index (χ4n) is 3.67. The minimum absolute atomic E-state index is 0.0449. The quantitative estimate of drug-likeness (QED) is 0.733. The first-order valence-corrected chi connectivity index (χ1v) is 8.87. The molecule has 0 bridgehead atoms. The fraction of sp³-hybridized carbons (Fsp3) is 0.136. The van der Waals surface area contributed by atoms with Crippen molar-refractivity contribution in [3.8, 4) is 11.5 Å². The first-order valence-electron chi connectivity index (χ1n) is 8.87. The maximum atomic E-state index is 13.4. The smallest absolute Gasteiger partial charge is 0.262 e. The Morgan fingerprint density at radius 2 is 1.74 bits per heavy atom. The standard InChI is InChI=1S/C22H18N2O3/c1-14-6-2-3-7-16(14)21-23-18-9-5-4-8-17(18)22(25)24(21)15-10-11-19-20(12-15)27-13-26-19/h2-12,21,23H,13H2,1H3. The van der Waals surface area contributed by atoms with Crippen molar-refractivity contribution in [2.75, 3.05) is 17.0 Å². The van der Waals surface area contributed by atoms with Crippen LogP contribution < -0.4 is 19.7 Å². The van der Waals surface area contributed by atoms with Gasteiger partial charge in [-0.15, -0.1) is 0 Å². The third-order valence-electron chi connectivity index (χ3n) is 5.04. The van der Waals surface area contributed by atoms with Gasteiger partial charge in [0.25, 0.3) is 5.91 Å². The van der Waals surface area contributed by atoms with Gasteiger partial charge in [0.1, 0.15) is 6.17 Å². The highest BCUT2D eigenvalue weighted by atomic mass is 16.7. The minimum Gasteiger partial charge on any atom is -0.454 e. The van der Waals surface area contributed by atoms with E-state index in [0.717, 1.165) is 22.5 Å². The number of hydrogen-bond donors (Lipinski definition) is 1. The summed E-state index contributed by atoms with van der Waals surface area (Å²) in [5.41, 5.74) is 4.43. The molecule has 27 heavy (non-hydrogen) atoms. The van der Waals surface area contributed by atoms with Gasteiger partial charge >= 0.3 is 0 Å². The molecule has 1 amide bonds. The predicted octanol–water partition coefficient (Wildman–Crippen LogP) is 4.49. The average Bonchev–Trinajstić information content (AvgIpc) is 3.16. The average molecular weight is 358 g/mol.